The number of hydrogen-bond acceptors (Lipinski definition) is 15. The Kier molecular flexibility index (Phi) is 63.4. The Bertz CT molecular complexity index is 1820. The molecule has 2 unspecified atom stereocenters. The van der Waals surface area contributed by atoms with Gasteiger partial charge in [0.25, 0.3) is 0 Å². The number of aliphatic hydroxyl groups is 1. The van der Waals surface area contributed by atoms with E-state index in [0.717, 1.165) is 109 Å². The quantitative estimate of drug-likeness (QED) is 0.0169. The van der Waals surface area contributed by atoms with Crippen LogP contribution in [0.5, 0.6) is 0 Å². The van der Waals surface area contributed by atoms with Gasteiger partial charge in [-0.2, -0.15) is 0 Å². The largest absolute Gasteiger partial charge is 0.472 e. The third kappa shape index (κ3) is 64.3. The summed E-state index contributed by atoms with van der Waals surface area (Å²) in [5.74, 6) is -2.15. The Morgan fingerprint density at radius 2 is 0.533 bits per heavy atom. The van der Waals surface area contributed by atoms with Crippen molar-refractivity contribution < 1.29 is 80.2 Å². The maximum atomic E-state index is 13.0. The maximum Gasteiger partial charge on any atom is 0.472 e. The first kappa shape index (κ1) is 87.5. The molecule has 0 aromatic carbocycles. The third-order valence-corrected chi connectivity index (χ3v) is 17.9. The predicted octanol–water partition coefficient (Wildman–Crippen LogP) is 20.2. The summed E-state index contributed by atoms with van der Waals surface area (Å²) in [7, 11) is -9.91. The Morgan fingerprint density at radius 1 is 0.311 bits per heavy atom. The molecule has 0 aliphatic heterocycles. The molecule has 0 saturated heterocycles. The van der Waals surface area contributed by atoms with Gasteiger partial charge in [-0.3, -0.25) is 37.3 Å². The lowest BCUT2D eigenvalue weighted by atomic mass is 10.0. The van der Waals surface area contributed by atoms with Crippen LogP contribution in [0.4, 0.5) is 0 Å². The molecule has 0 spiro atoms. The zero-order valence-corrected chi connectivity index (χ0v) is 59.4. The number of ether oxygens (including phenoxy) is 4. The molecule has 3 N–H and O–H groups in total. The highest BCUT2D eigenvalue weighted by molar-refractivity contribution is 7.47. The first-order chi connectivity index (χ1) is 43.7. The SMILES string of the molecule is CCCCCC/C=C\C=C/CCCCCCCC(=O)O[C@H](COC(=O)CCCCCCCCCCCCCCCCC)COP(=O)(O)OC[C@@H](O)COP(=O)(O)OC[C@@H](COC(=O)CCCCCCCCCC)OC(=O)CCCCCCCCCCCCCC. The first-order valence-corrected chi connectivity index (χ1v) is 39.6. The third-order valence-electron chi connectivity index (χ3n) is 16.0. The van der Waals surface area contributed by atoms with Crippen LogP contribution in [-0.4, -0.2) is 96.7 Å². The van der Waals surface area contributed by atoms with Gasteiger partial charge >= 0.3 is 39.5 Å². The average Bonchev–Trinajstić information content (AvgIpc) is 3.16. The van der Waals surface area contributed by atoms with Gasteiger partial charge in [0, 0.05) is 25.7 Å². The molecule has 0 aromatic heterocycles. The number of phosphoric ester groups is 2. The second-order valence-corrected chi connectivity index (χ2v) is 27.8. The molecule has 0 fully saturated rings. The van der Waals surface area contributed by atoms with Crippen molar-refractivity contribution in [2.75, 3.05) is 39.6 Å². The van der Waals surface area contributed by atoms with Crippen molar-refractivity contribution in [2.24, 2.45) is 0 Å². The predicted molar refractivity (Wildman–Crippen MR) is 363 cm³/mol. The summed E-state index contributed by atoms with van der Waals surface area (Å²) in [5.41, 5.74) is 0. The second-order valence-electron chi connectivity index (χ2n) is 24.9. The molecule has 5 atom stereocenters. The summed E-state index contributed by atoms with van der Waals surface area (Å²) in [5, 5.41) is 10.6. The van der Waals surface area contributed by atoms with Crippen molar-refractivity contribution in [3.63, 3.8) is 0 Å². The number of phosphoric acid groups is 2. The highest BCUT2D eigenvalue weighted by Crippen LogP contribution is 2.45. The number of aliphatic hydroxyl groups excluding tert-OH is 1. The molecule has 90 heavy (non-hydrogen) atoms. The summed E-state index contributed by atoms with van der Waals surface area (Å²) in [6.45, 7) is 4.86. The normalized spacial score (nSPS) is 14.2. The average molecular weight is 1320 g/mol. The van der Waals surface area contributed by atoms with Crippen LogP contribution in [0.1, 0.15) is 349 Å². The van der Waals surface area contributed by atoms with E-state index in [0.29, 0.717) is 25.7 Å². The van der Waals surface area contributed by atoms with Crippen LogP contribution < -0.4 is 0 Å². The van der Waals surface area contributed by atoms with Crippen LogP contribution >= 0.6 is 15.6 Å². The lowest BCUT2D eigenvalue weighted by Crippen LogP contribution is -2.30. The minimum Gasteiger partial charge on any atom is -0.462 e. The van der Waals surface area contributed by atoms with Crippen LogP contribution in [0, 0.1) is 0 Å². The minimum absolute atomic E-state index is 0.0859. The van der Waals surface area contributed by atoms with E-state index in [9.17, 15) is 43.2 Å². The summed E-state index contributed by atoms with van der Waals surface area (Å²) in [4.78, 5) is 72.5. The summed E-state index contributed by atoms with van der Waals surface area (Å²) < 4.78 is 68.2. The minimum atomic E-state index is -4.96. The molecule has 0 aliphatic carbocycles. The van der Waals surface area contributed by atoms with Gasteiger partial charge in [0.2, 0.25) is 0 Å². The van der Waals surface area contributed by atoms with E-state index in [-0.39, 0.29) is 25.7 Å². The molecule has 0 saturated carbocycles. The topological polar surface area (TPSA) is 237 Å². The van der Waals surface area contributed by atoms with Gasteiger partial charge < -0.3 is 33.8 Å². The van der Waals surface area contributed by atoms with Gasteiger partial charge in [-0.05, 0) is 51.4 Å². The van der Waals surface area contributed by atoms with E-state index < -0.39 is 97.5 Å². The van der Waals surface area contributed by atoms with Crippen LogP contribution in [-0.2, 0) is 65.4 Å². The maximum absolute atomic E-state index is 13.0. The van der Waals surface area contributed by atoms with Crippen molar-refractivity contribution in [3.8, 4) is 0 Å². The van der Waals surface area contributed by atoms with E-state index in [2.05, 4.69) is 52.0 Å². The molecule has 0 bridgehead atoms. The number of rotatable bonds is 70. The fourth-order valence-electron chi connectivity index (χ4n) is 10.3. The van der Waals surface area contributed by atoms with Gasteiger partial charge in [-0.25, -0.2) is 9.13 Å². The fraction of sp³-hybridized carbons (Fsp3) is 0.887. The van der Waals surface area contributed by atoms with Crippen LogP contribution in [0.25, 0.3) is 0 Å². The van der Waals surface area contributed by atoms with Gasteiger partial charge in [0.05, 0.1) is 26.4 Å². The molecule has 0 radical (unpaired) electrons. The summed E-state index contributed by atoms with van der Waals surface area (Å²) >= 11 is 0. The van der Waals surface area contributed by atoms with Gasteiger partial charge in [0.15, 0.2) is 12.2 Å². The molecular formula is C71H134O17P2. The van der Waals surface area contributed by atoms with Crippen LogP contribution in [0.2, 0.25) is 0 Å². The summed E-state index contributed by atoms with van der Waals surface area (Å²) in [6, 6.07) is 0. The molecular weight excluding hydrogens is 1190 g/mol. The van der Waals surface area contributed by atoms with Gasteiger partial charge in [-0.1, -0.05) is 296 Å². The van der Waals surface area contributed by atoms with Gasteiger partial charge in [-0.15, -0.1) is 0 Å². The van der Waals surface area contributed by atoms with Crippen LogP contribution in [0.15, 0.2) is 24.3 Å². The van der Waals surface area contributed by atoms with E-state index in [4.69, 9.17) is 37.0 Å². The Labute approximate surface area is 548 Å². The van der Waals surface area contributed by atoms with Crippen LogP contribution in [0.3, 0.4) is 0 Å². The molecule has 19 heteroatoms. The van der Waals surface area contributed by atoms with Crippen molar-refractivity contribution >= 4 is 39.5 Å². The zero-order chi connectivity index (χ0) is 66.1. The highest BCUT2D eigenvalue weighted by atomic mass is 31.2. The summed E-state index contributed by atoms with van der Waals surface area (Å²) in [6.07, 6.45) is 56.2. The molecule has 0 aliphatic rings. The number of esters is 4. The number of unbranched alkanes of at least 4 members (excludes halogenated alkanes) is 41. The zero-order valence-electron chi connectivity index (χ0n) is 57.6. The van der Waals surface area contributed by atoms with Crippen molar-refractivity contribution in [1.29, 1.82) is 0 Å². The lowest BCUT2D eigenvalue weighted by Gasteiger charge is -2.21. The molecule has 17 nitrogen and oxygen atoms in total. The van der Waals surface area contributed by atoms with E-state index in [1.165, 1.54) is 161 Å². The smallest absolute Gasteiger partial charge is 0.462 e. The van der Waals surface area contributed by atoms with Crippen molar-refractivity contribution in [1.82, 2.24) is 0 Å². The standard InChI is InChI=1S/C71H134O17P2/c1-5-9-13-17-21-25-28-31-33-35-38-40-44-48-52-56-69(74)82-62-67(88-71(76)58-54-50-46-42-39-36-34-32-29-26-22-18-14-10-6-2)64-86-90(79,80)84-60-65(72)59-83-89(77,78)85-63-66(61-81-68(73)55-51-47-43-24-20-16-12-8-4)87-70(75)57-53-49-45-41-37-30-27-23-19-15-11-7-3/h26,29,32,34,65-67,72H,5-25,27-28,30-31,33,35-64H2,1-4H3,(H,77,78)(H,79,80)/b29-26-,34-32-/t65-,66+,67+/m0/s1. The number of carbonyl (C=O) groups is 4. The molecule has 530 valence electrons. The Balaban J connectivity index is 5.26. The Morgan fingerprint density at radius 3 is 0.811 bits per heavy atom. The lowest BCUT2D eigenvalue weighted by molar-refractivity contribution is -0.161. The fourth-order valence-corrected chi connectivity index (χ4v) is 11.9. The monoisotopic (exact) mass is 1320 g/mol. The van der Waals surface area contributed by atoms with Gasteiger partial charge in [0.1, 0.15) is 19.3 Å². The van der Waals surface area contributed by atoms with E-state index in [1.54, 1.807) is 0 Å². The van der Waals surface area contributed by atoms with Crippen molar-refractivity contribution in [2.45, 2.75) is 367 Å². The Hall–Kier alpha value is -2.46. The molecule has 0 aromatic rings. The number of carbonyl (C=O) groups excluding carboxylic acids is 4. The van der Waals surface area contributed by atoms with Crippen molar-refractivity contribution in [3.05, 3.63) is 24.3 Å². The molecule has 0 heterocycles. The van der Waals surface area contributed by atoms with E-state index in [1.807, 2.05) is 0 Å². The number of hydrogen-bond donors (Lipinski definition) is 3. The first-order valence-electron chi connectivity index (χ1n) is 36.6. The number of allylic oxidation sites excluding steroid dienone is 4. The highest BCUT2D eigenvalue weighted by Gasteiger charge is 2.30. The molecule has 0 rings (SSSR count). The van der Waals surface area contributed by atoms with E-state index >= 15 is 0 Å². The molecule has 0 amide bonds. The second kappa shape index (κ2) is 65.2.